The summed E-state index contributed by atoms with van der Waals surface area (Å²) in [6.07, 6.45) is 2.05. The normalized spacial score (nSPS) is 24.8. The summed E-state index contributed by atoms with van der Waals surface area (Å²) in [6, 6.07) is 0. The van der Waals surface area contributed by atoms with E-state index in [0.717, 1.165) is 0 Å². The Morgan fingerprint density at radius 2 is 1.88 bits per heavy atom. The number of ether oxygens (including phenoxy) is 1. The second kappa shape index (κ2) is 8.77. The summed E-state index contributed by atoms with van der Waals surface area (Å²) in [7, 11) is -3.65. The Kier molecular flexibility index (Phi) is 7.62. The summed E-state index contributed by atoms with van der Waals surface area (Å²) >= 11 is 0. The van der Waals surface area contributed by atoms with Gasteiger partial charge in [-0.25, -0.2) is 17.9 Å². The summed E-state index contributed by atoms with van der Waals surface area (Å²) < 4.78 is 30.9. The first kappa shape index (κ1) is 20.9. The molecule has 0 spiro atoms. The molecule has 0 saturated heterocycles. The lowest BCUT2D eigenvalue weighted by Gasteiger charge is -2.36. The van der Waals surface area contributed by atoms with Crippen LogP contribution in [0.5, 0.6) is 0 Å². The zero-order valence-corrected chi connectivity index (χ0v) is 15.3. The molecular formula is C15H28N2O6S. The third kappa shape index (κ3) is 6.74. The van der Waals surface area contributed by atoms with Crippen LogP contribution in [0.1, 0.15) is 46.5 Å². The number of sulfonamides is 1. The van der Waals surface area contributed by atoms with Crippen molar-refractivity contribution in [3.63, 3.8) is 0 Å². The standard InChI is InChI=1S/C15H28N2O6S/c1-11(2)23-8-9-24(21,22)16-10-13(18)17-15(14(19)20)6-4-12(3)5-7-15/h11-12,16H,4-10H2,1-3H3,(H,17,18)(H,19,20). The van der Waals surface area contributed by atoms with Gasteiger partial charge in [0.2, 0.25) is 15.9 Å². The fourth-order valence-corrected chi connectivity index (χ4v) is 3.41. The predicted molar refractivity (Wildman–Crippen MR) is 89.0 cm³/mol. The summed E-state index contributed by atoms with van der Waals surface area (Å²) in [6.45, 7) is 5.19. The maximum Gasteiger partial charge on any atom is 0.329 e. The van der Waals surface area contributed by atoms with E-state index in [-0.39, 0.29) is 18.5 Å². The monoisotopic (exact) mass is 364 g/mol. The number of hydrogen-bond donors (Lipinski definition) is 3. The maximum atomic E-state index is 12.0. The number of aliphatic carboxylic acids is 1. The van der Waals surface area contributed by atoms with Gasteiger partial charge in [-0.15, -0.1) is 0 Å². The Balaban J connectivity index is 2.50. The Bertz CT molecular complexity index is 538. The second-order valence-corrected chi connectivity index (χ2v) is 8.60. The molecule has 0 aromatic carbocycles. The van der Waals surface area contributed by atoms with Crippen molar-refractivity contribution in [3.8, 4) is 0 Å². The van der Waals surface area contributed by atoms with Crippen LogP contribution in [0.25, 0.3) is 0 Å². The molecule has 24 heavy (non-hydrogen) atoms. The van der Waals surface area contributed by atoms with E-state index in [0.29, 0.717) is 31.6 Å². The van der Waals surface area contributed by atoms with Crippen molar-refractivity contribution >= 4 is 21.9 Å². The molecule has 0 aliphatic heterocycles. The van der Waals surface area contributed by atoms with Gasteiger partial charge in [-0.1, -0.05) is 6.92 Å². The van der Waals surface area contributed by atoms with E-state index in [2.05, 4.69) is 10.0 Å². The minimum absolute atomic E-state index is 0.0333. The van der Waals surface area contributed by atoms with Crippen LogP contribution in [0.4, 0.5) is 0 Å². The number of amides is 1. The molecule has 0 atom stereocenters. The van der Waals surface area contributed by atoms with Crippen LogP contribution < -0.4 is 10.0 Å². The van der Waals surface area contributed by atoms with E-state index < -0.39 is 34.0 Å². The summed E-state index contributed by atoms with van der Waals surface area (Å²) in [5.41, 5.74) is -1.30. The second-order valence-electron chi connectivity index (χ2n) is 6.68. The van der Waals surface area contributed by atoms with Gasteiger partial charge in [0.15, 0.2) is 0 Å². The number of carbonyl (C=O) groups is 2. The lowest BCUT2D eigenvalue weighted by molar-refractivity contribution is -0.149. The topological polar surface area (TPSA) is 122 Å². The van der Waals surface area contributed by atoms with Crippen molar-refractivity contribution in [2.75, 3.05) is 18.9 Å². The van der Waals surface area contributed by atoms with Gasteiger partial charge in [0.1, 0.15) is 5.54 Å². The van der Waals surface area contributed by atoms with Crippen LogP contribution in [-0.2, 0) is 24.3 Å². The third-order valence-electron chi connectivity index (χ3n) is 4.17. The van der Waals surface area contributed by atoms with Crippen molar-refractivity contribution in [2.24, 2.45) is 5.92 Å². The molecule has 9 heteroatoms. The van der Waals surface area contributed by atoms with Crippen molar-refractivity contribution in [1.29, 1.82) is 0 Å². The molecule has 0 radical (unpaired) electrons. The average molecular weight is 364 g/mol. The van der Waals surface area contributed by atoms with Gasteiger partial charge in [0.25, 0.3) is 0 Å². The number of carboxylic acid groups (broad SMARTS) is 1. The highest BCUT2D eigenvalue weighted by Crippen LogP contribution is 2.32. The highest BCUT2D eigenvalue weighted by molar-refractivity contribution is 7.89. The molecule has 1 aliphatic rings. The number of rotatable bonds is 9. The van der Waals surface area contributed by atoms with E-state index in [1.165, 1.54) is 0 Å². The first-order valence-corrected chi connectivity index (χ1v) is 9.85. The SMILES string of the molecule is CC1CCC(NC(=O)CNS(=O)(=O)CCOC(C)C)(C(=O)O)CC1. The Labute approximate surface area is 143 Å². The van der Waals surface area contributed by atoms with Crippen LogP contribution in [0.2, 0.25) is 0 Å². The number of hydrogen-bond acceptors (Lipinski definition) is 5. The molecule has 0 unspecified atom stereocenters. The van der Waals surface area contributed by atoms with E-state index in [1.54, 1.807) is 13.8 Å². The minimum Gasteiger partial charge on any atom is -0.480 e. The number of carboxylic acids is 1. The van der Waals surface area contributed by atoms with Gasteiger partial charge in [0.05, 0.1) is 25.0 Å². The van der Waals surface area contributed by atoms with Crippen LogP contribution >= 0.6 is 0 Å². The van der Waals surface area contributed by atoms with Crippen molar-refractivity contribution in [2.45, 2.75) is 58.1 Å². The fourth-order valence-electron chi connectivity index (χ4n) is 2.60. The van der Waals surface area contributed by atoms with Gasteiger partial charge in [-0.3, -0.25) is 4.79 Å². The minimum atomic E-state index is -3.65. The van der Waals surface area contributed by atoms with Crippen molar-refractivity contribution in [3.05, 3.63) is 0 Å². The van der Waals surface area contributed by atoms with E-state index in [1.807, 2.05) is 6.92 Å². The molecule has 140 valence electrons. The quantitative estimate of drug-likeness (QED) is 0.547. The molecule has 0 aromatic rings. The average Bonchev–Trinajstić information content (AvgIpc) is 2.47. The largest absolute Gasteiger partial charge is 0.480 e. The van der Waals surface area contributed by atoms with Gasteiger partial charge in [-0.2, -0.15) is 0 Å². The van der Waals surface area contributed by atoms with Crippen LogP contribution in [-0.4, -0.2) is 55.9 Å². The first-order valence-electron chi connectivity index (χ1n) is 8.20. The smallest absolute Gasteiger partial charge is 0.329 e. The van der Waals surface area contributed by atoms with E-state index in [4.69, 9.17) is 4.74 Å². The molecular weight excluding hydrogens is 336 g/mol. The summed E-state index contributed by atoms with van der Waals surface area (Å²) in [4.78, 5) is 23.6. The molecule has 1 rings (SSSR count). The van der Waals surface area contributed by atoms with Gasteiger partial charge in [-0.05, 0) is 45.4 Å². The molecule has 0 aromatic heterocycles. The molecule has 8 nitrogen and oxygen atoms in total. The molecule has 1 saturated carbocycles. The van der Waals surface area contributed by atoms with E-state index >= 15 is 0 Å². The molecule has 3 N–H and O–H groups in total. The zero-order valence-electron chi connectivity index (χ0n) is 14.5. The summed E-state index contributed by atoms with van der Waals surface area (Å²) in [5, 5.41) is 12.0. The molecule has 1 amide bonds. The van der Waals surface area contributed by atoms with Gasteiger partial charge < -0.3 is 15.2 Å². The van der Waals surface area contributed by atoms with Crippen LogP contribution in [0.3, 0.4) is 0 Å². The molecule has 0 bridgehead atoms. The lowest BCUT2D eigenvalue weighted by Crippen LogP contribution is -2.58. The van der Waals surface area contributed by atoms with Crippen molar-refractivity contribution < 1.29 is 27.9 Å². The van der Waals surface area contributed by atoms with Crippen LogP contribution in [0.15, 0.2) is 0 Å². The fraction of sp³-hybridized carbons (Fsp3) is 0.867. The molecule has 0 heterocycles. The predicted octanol–water partition coefficient (Wildman–Crippen LogP) is 0.481. The summed E-state index contributed by atoms with van der Waals surface area (Å²) in [5.74, 6) is -1.54. The van der Waals surface area contributed by atoms with Gasteiger partial charge >= 0.3 is 5.97 Å². The third-order valence-corrected chi connectivity index (χ3v) is 5.46. The highest BCUT2D eigenvalue weighted by Gasteiger charge is 2.42. The molecule has 1 fully saturated rings. The zero-order chi connectivity index (χ0) is 18.4. The van der Waals surface area contributed by atoms with Gasteiger partial charge in [0, 0.05) is 0 Å². The Morgan fingerprint density at radius 3 is 2.38 bits per heavy atom. The maximum absolute atomic E-state index is 12.0. The first-order chi connectivity index (χ1) is 11.1. The highest BCUT2D eigenvalue weighted by atomic mass is 32.2. The Morgan fingerprint density at radius 1 is 1.29 bits per heavy atom. The number of nitrogens with one attached hydrogen (secondary N) is 2. The van der Waals surface area contributed by atoms with E-state index in [9.17, 15) is 23.1 Å². The van der Waals surface area contributed by atoms with Crippen molar-refractivity contribution in [1.82, 2.24) is 10.0 Å². The number of carbonyl (C=O) groups excluding carboxylic acids is 1. The Hall–Kier alpha value is -1.19. The lowest BCUT2D eigenvalue weighted by atomic mass is 9.77. The molecule has 1 aliphatic carbocycles. The van der Waals surface area contributed by atoms with Crippen LogP contribution in [0, 0.1) is 5.92 Å².